The number of urea groups is 1. The van der Waals surface area contributed by atoms with Crippen molar-refractivity contribution in [3.63, 3.8) is 0 Å². The first-order valence-corrected chi connectivity index (χ1v) is 6.91. The second-order valence-electron chi connectivity index (χ2n) is 4.65. The number of carboxylic acid groups (broad SMARTS) is 1. The zero-order chi connectivity index (χ0) is 14.7. The molecular weight excluding hydrogens is 328 g/mol. The first kappa shape index (κ1) is 14.8. The maximum atomic E-state index is 11.9. The summed E-state index contributed by atoms with van der Waals surface area (Å²) in [6, 6.07) is 4.54. The van der Waals surface area contributed by atoms with Gasteiger partial charge in [-0.3, -0.25) is 4.79 Å². The lowest BCUT2D eigenvalue weighted by Gasteiger charge is -2.17. The third-order valence-electron chi connectivity index (χ3n) is 3.15. The first-order chi connectivity index (χ1) is 9.47. The number of anilines is 1. The van der Waals surface area contributed by atoms with E-state index in [1.54, 1.807) is 6.07 Å². The van der Waals surface area contributed by atoms with E-state index in [4.69, 9.17) is 9.84 Å². The van der Waals surface area contributed by atoms with E-state index >= 15 is 0 Å². The van der Waals surface area contributed by atoms with Crippen LogP contribution in [0.1, 0.15) is 5.56 Å². The number of hydrogen-bond donors (Lipinski definition) is 3. The SMILES string of the molecule is Cc1cc(Br)ccc1NC(=O)NC1COCC1C(=O)O. The summed E-state index contributed by atoms with van der Waals surface area (Å²) in [6.07, 6.45) is 0. The molecule has 0 spiro atoms. The molecule has 6 nitrogen and oxygen atoms in total. The Kier molecular flexibility index (Phi) is 4.61. The van der Waals surface area contributed by atoms with Crippen LogP contribution in [0.25, 0.3) is 0 Å². The lowest BCUT2D eigenvalue weighted by atomic mass is 10.0. The zero-order valence-electron chi connectivity index (χ0n) is 10.9. The summed E-state index contributed by atoms with van der Waals surface area (Å²) in [5.74, 6) is -1.67. The van der Waals surface area contributed by atoms with Gasteiger partial charge in [-0.2, -0.15) is 0 Å². The van der Waals surface area contributed by atoms with Gasteiger partial charge in [0.15, 0.2) is 0 Å². The van der Waals surface area contributed by atoms with Gasteiger partial charge in [-0.15, -0.1) is 0 Å². The summed E-state index contributed by atoms with van der Waals surface area (Å²) >= 11 is 3.35. The van der Waals surface area contributed by atoms with Gasteiger partial charge in [0, 0.05) is 10.2 Å². The molecule has 2 rings (SSSR count). The number of hydrogen-bond acceptors (Lipinski definition) is 3. The molecule has 0 saturated carbocycles. The van der Waals surface area contributed by atoms with E-state index in [9.17, 15) is 9.59 Å². The minimum atomic E-state index is -0.965. The summed E-state index contributed by atoms with van der Waals surface area (Å²) < 4.78 is 6.02. The fraction of sp³-hybridized carbons (Fsp3) is 0.385. The summed E-state index contributed by atoms with van der Waals surface area (Å²) in [4.78, 5) is 22.9. The maximum Gasteiger partial charge on any atom is 0.319 e. The quantitative estimate of drug-likeness (QED) is 0.783. The number of halogens is 1. The van der Waals surface area contributed by atoms with Crippen LogP contribution in [0.2, 0.25) is 0 Å². The minimum Gasteiger partial charge on any atom is -0.481 e. The Morgan fingerprint density at radius 1 is 1.40 bits per heavy atom. The molecule has 7 heteroatoms. The molecule has 1 saturated heterocycles. The van der Waals surface area contributed by atoms with E-state index < -0.39 is 24.0 Å². The largest absolute Gasteiger partial charge is 0.481 e. The van der Waals surface area contributed by atoms with Gasteiger partial charge in [-0.25, -0.2) is 4.79 Å². The van der Waals surface area contributed by atoms with Crippen molar-refractivity contribution in [2.45, 2.75) is 13.0 Å². The first-order valence-electron chi connectivity index (χ1n) is 6.11. The molecule has 108 valence electrons. The van der Waals surface area contributed by atoms with E-state index in [0.29, 0.717) is 5.69 Å². The Bertz CT molecular complexity index is 535. The molecule has 2 amide bonds. The third kappa shape index (κ3) is 3.49. The van der Waals surface area contributed by atoms with Gasteiger partial charge in [0.2, 0.25) is 0 Å². The molecule has 0 bridgehead atoms. The second-order valence-corrected chi connectivity index (χ2v) is 5.56. The molecule has 1 aliphatic heterocycles. The Hall–Kier alpha value is -1.60. The monoisotopic (exact) mass is 342 g/mol. The number of aliphatic carboxylic acids is 1. The molecule has 0 aliphatic carbocycles. The van der Waals surface area contributed by atoms with Gasteiger partial charge in [0.1, 0.15) is 5.92 Å². The maximum absolute atomic E-state index is 11.9. The van der Waals surface area contributed by atoms with Crippen LogP contribution >= 0.6 is 15.9 Å². The summed E-state index contributed by atoms with van der Waals surface area (Å²) in [6.45, 7) is 2.21. The second kappa shape index (κ2) is 6.23. The highest BCUT2D eigenvalue weighted by molar-refractivity contribution is 9.10. The number of carboxylic acids is 1. The highest BCUT2D eigenvalue weighted by Gasteiger charge is 2.35. The Labute approximate surface area is 124 Å². The van der Waals surface area contributed by atoms with Gasteiger partial charge in [-0.05, 0) is 30.7 Å². The Balaban J connectivity index is 1.97. The van der Waals surface area contributed by atoms with Gasteiger partial charge in [-0.1, -0.05) is 15.9 Å². The number of carbonyl (C=O) groups is 2. The highest BCUT2D eigenvalue weighted by Crippen LogP contribution is 2.20. The zero-order valence-corrected chi connectivity index (χ0v) is 12.4. The molecule has 1 aromatic carbocycles. The lowest BCUT2D eigenvalue weighted by Crippen LogP contribution is -2.44. The standard InChI is InChI=1S/C13H15BrN2O4/c1-7-4-8(14)2-3-10(7)15-13(19)16-11-6-20-5-9(11)12(17)18/h2-4,9,11H,5-6H2,1H3,(H,17,18)(H2,15,16,19). The molecule has 1 aromatic rings. The average molecular weight is 343 g/mol. The number of benzene rings is 1. The number of amides is 2. The van der Waals surface area contributed by atoms with Gasteiger partial charge >= 0.3 is 12.0 Å². The molecule has 1 heterocycles. The van der Waals surface area contributed by atoms with Crippen LogP contribution in [0.4, 0.5) is 10.5 Å². The average Bonchev–Trinajstić information content (AvgIpc) is 2.81. The summed E-state index contributed by atoms with van der Waals surface area (Å²) in [7, 11) is 0. The van der Waals surface area contributed by atoms with Crippen LogP contribution in [-0.4, -0.2) is 36.4 Å². The van der Waals surface area contributed by atoms with Crippen molar-refractivity contribution >= 4 is 33.6 Å². The van der Waals surface area contributed by atoms with Crippen molar-refractivity contribution in [3.05, 3.63) is 28.2 Å². The third-order valence-corrected chi connectivity index (χ3v) is 3.64. The fourth-order valence-corrected chi connectivity index (χ4v) is 2.51. The van der Waals surface area contributed by atoms with E-state index in [0.717, 1.165) is 10.0 Å². The van der Waals surface area contributed by atoms with Crippen LogP contribution in [0, 0.1) is 12.8 Å². The van der Waals surface area contributed by atoms with E-state index in [2.05, 4.69) is 26.6 Å². The summed E-state index contributed by atoms with van der Waals surface area (Å²) in [5.41, 5.74) is 1.59. The Morgan fingerprint density at radius 3 is 2.80 bits per heavy atom. The number of rotatable bonds is 3. The lowest BCUT2D eigenvalue weighted by molar-refractivity contribution is -0.142. The predicted molar refractivity (Wildman–Crippen MR) is 76.8 cm³/mol. The molecular formula is C13H15BrN2O4. The molecule has 1 fully saturated rings. The van der Waals surface area contributed by atoms with Crippen LogP contribution in [-0.2, 0) is 9.53 Å². The number of aryl methyl sites for hydroxylation is 1. The van der Waals surface area contributed by atoms with Crippen molar-refractivity contribution < 1.29 is 19.4 Å². The molecule has 2 atom stereocenters. The normalized spacial score (nSPS) is 21.5. The molecule has 0 aromatic heterocycles. The van der Waals surface area contributed by atoms with Crippen LogP contribution in [0.5, 0.6) is 0 Å². The van der Waals surface area contributed by atoms with Crippen molar-refractivity contribution in [1.82, 2.24) is 5.32 Å². The molecule has 3 N–H and O–H groups in total. The molecule has 2 unspecified atom stereocenters. The van der Waals surface area contributed by atoms with Crippen LogP contribution in [0.3, 0.4) is 0 Å². The van der Waals surface area contributed by atoms with Gasteiger partial charge in [0.25, 0.3) is 0 Å². The number of ether oxygens (including phenoxy) is 1. The van der Waals surface area contributed by atoms with E-state index in [1.807, 2.05) is 19.1 Å². The minimum absolute atomic E-state index is 0.123. The van der Waals surface area contributed by atoms with Crippen LogP contribution < -0.4 is 10.6 Å². The molecule has 0 radical (unpaired) electrons. The smallest absolute Gasteiger partial charge is 0.319 e. The fourth-order valence-electron chi connectivity index (χ4n) is 2.03. The van der Waals surface area contributed by atoms with Gasteiger partial charge < -0.3 is 20.5 Å². The molecule has 20 heavy (non-hydrogen) atoms. The predicted octanol–water partition coefficient (Wildman–Crippen LogP) is 1.98. The van der Waals surface area contributed by atoms with Crippen molar-refractivity contribution in [2.24, 2.45) is 5.92 Å². The van der Waals surface area contributed by atoms with E-state index in [-0.39, 0.29) is 13.2 Å². The topological polar surface area (TPSA) is 87.7 Å². The number of nitrogens with one attached hydrogen (secondary N) is 2. The van der Waals surface area contributed by atoms with E-state index in [1.165, 1.54) is 0 Å². The highest BCUT2D eigenvalue weighted by atomic mass is 79.9. The molecule has 1 aliphatic rings. The summed E-state index contributed by atoms with van der Waals surface area (Å²) in [5, 5.41) is 14.3. The van der Waals surface area contributed by atoms with Crippen molar-refractivity contribution in [2.75, 3.05) is 18.5 Å². The van der Waals surface area contributed by atoms with Crippen molar-refractivity contribution in [1.29, 1.82) is 0 Å². The Morgan fingerprint density at radius 2 is 2.15 bits per heavy atom. The van der Waals surface area contributed by atoms with Crippen LogP contribution in [0.15, 0.2) is 22.7 Å². The number of carbonyl (C=O) groups excluding carboxylic acids is 1. The van der Waals surface area contributed by atoms with Gasteiger partial charge in [0.05, 0.1) is 19.3 Å². The van der Waals surface area contributed by atoms with Crippen molar-refractivity contribution in [3.8, 4) is 0 Å².